The molecule has 7 nitrogen and oxygen atoms in total. The summed E-state index contributed by atoms with van der Waals surface area (Å²) in [5.74, 6) is 0.180. The predicted octanol–water partition coefficient (Wildman–Crippen LogP) is 4.23. The van der Waals surface area contributed by atoms with Gasteiger partial charge in [-0.05, 0) is 54.1 Å². The van der Waals surface area contributed by atoms with E-state index in [0.29, 0.717) is 32.7 Å². The van der Waals surface area contributed by atoms with Gasteiger partial charge in [-0.3, -0.25) is 4.79 Å². The molecule has 0 radical (unpaired) electrons. The van der Waals surface area contributed by atoms with E-state index in [1.165, 1.54) is 36.4 Å². The number of nitriles is 1. The molecule has 10 heteroatoms. The first-order chi connectivity index (χ1) is 14.7. The highest BCUT2D eigenvalue weighted by Gasteiger charge is 2.13. The van der Waals surface area contributed by atoms with Crippen molar-refractivity contribution in [2.45, 2.75) is 11.4 Å². The Morgan fingerprint density at radius 2 is 1.87 bits per heavy atom. The van der Waals surface area contributed by atoms with E-state index in [9.17, 15) is 13.2 Å². The summed E-state index contributed by atoms with van der Waals surface area (Å²) in [4.78, 5) is 12.2. The molecule has 0 unspecified atom stereocenters. The van der Waals surface area contributed by atoms with Crippen LogP contribution in [0.1, 0.15) is 21.5 Å². The first-order valence-electron chi connectivity index (χ1n) is 8.74. The van der Waals surface area contributed by atoms with Crippen molar-refractivity contribution in [1.29, 1.82) is 5.26 Å². The number of nitrogens with zero attached hydrogens (tertiary/aromatic N) is 1. The van der Waals surface area contributed by atoms with Gasteiger partial charge in [0, 0.05) is 17.1 Å². The van der Waals surface area contributed by atoms with E-state index >= 15 is 0 Å². The first-order valence-corrected chi connectivity index (χ1v) is 11.0. The Kier molecular flexibility index (Phi) is 6.83. The molecule has 0 heterocycles. The van der Waals surface area contributed by atoms with Gasteiger partial charge in [-0.2, -0.15) is 5.26 Å². The molecule has 3 N–H and O–H groups in total. The molecule has 0 bridgehead atoms. The molecule has 0 saturated carbocycles. The summed E-state index contributed by atoms with van der Waals surface area (Å²) in [6.45, 7) is 0.130. The normalized spacial score (nSPS) is 10.9. The van der Waals surface area contributed by atoms with E-state index in [0.717, 1.165) is 0 Å². The zero-order valence-electron chi connectivity index (χ0n) is 15.8. The molecule has 0 atom stereocenters. The molecular formula is C21H15Cl2N3O4S. The number of halogens is 2. The highest BCUT2D eigenvalue weighted by atomic mass is 35.5. The summed E-state index contributed by atoms with van der Waals surface area (Å²) in [7, 11) is -3.91. The number of benzene rings is 3. The fraction of sp³-hybridized carbons (Fsp3) is 0.0476. The summed E-state index contributed by atoms with van der Waals surface area (Å²) in [5.41, 5.74) is 1.17. The van der Waals surface area contributed by atoms with E-state index < -0.39 is 15.9 Å². The van der Waals surface area contributed by atoms with Gasteiger partial charge in [0.25, 0.3) is 5.91 Å². The van der Waals surface area contributed by atoms with Gasteiger partial charge < -0.3 is 10.1 Å². The van der Waals surface area contributed by atoms with Crippen molar-refractivity contribution in [3.05, 3.63) is 87.4 Å². The van der Waals surface area contributed by atoms with E-state index in [4.69, 9.17) is 38.3 Å². The minimum Gasteiger partial charge on any atom is -0.456 e. The monoisotopic (exact) mass is 475 g/mol. The first kappa shape index (κ1) is 22.6. The highest BCUT2D eigenvalue weighted by molar-refractivity contribution is 7.89. The van der Waals surface area contributed by atoms with Crippen LogP contribution in [0.2, 0.25) is 10.0 Å². The Morgan fingerprint density at radius 1 is 1.10 bits per heavy atom. The second-order valence-electron chi connectivity index (χ2n) is 6.41. The average molecular weight is 476 g/mol. The smallest absolute Gasteiger partial charge is 0.251 e. The average Bonchev–Trinajstić information content (AvgIpc) is 2.73. The maximum Gasteiger partial charge on any atom is 0.251 e. The van der Waals surface area contributed by atoms with Gasteiger partial charge in [-0.1, -0.05) is 35.3 Å². The van der Waals surface area contributed by atoms with Crippen LogP contribution in [0.5, 0.6) is 11.5 Å². The number of nitrogens with two attached hydrogens (primary N) is 1. The van der Waals surface area contributed by atoms with Crippen molar-refractivity contribution >= 4 is 39.1 Å². The van der Waals surface area contributed by atoms with Crippen molar-refractivity contribution < 1.29 is 17.9 Å². The summed E-state index contributed by atoms with van der Waals surface area (Å²) in [6, 6.07) is 16.9. The Labute approximate surface area is 189 Å². The van der Waals surface area contributed by atoms with Gasteiger partial charge in [0.2, 0.25) is 10.0 Å². The number of hydrogen-bond donors (Lipinski definition) is 2. The van der Waals surface area contributed by atoms with E-state index in [1.807, 2.05) is 6.07 Å². The van der Waals surface area contributed by atoms with Crippen LogP contribution in [0.3, 0.4) is 0 Å². The third-order valence-corrected chi connectivity index (χ3v) is 5.54. The minimum atomic E-state index is -3.91. The predicted molar refractivity (Wildman–Crippen MR) is 117 cm³/mol. The van der Waals surface area contributed by atoms with Crippen molar-refractivity contribution in [2.24, 2.45) is 5.14 Å². The fourth-order valence-corrected chi connectivity index (χ4v) is 3.59. The highest BCUT2D eigenvalue weighted by Crippen LogP contribution is 2.32. The summed E-state index contributed by atoms with van der Waals surface area (Å²) in [5, 5.41) is 17.5. The molecule has 0 saturated heterocycles. The second kappa shape index (κ2) is 9.37. The Morgan fingerprint density at radius 3 is 2.58 bits per heavy atom. The second-order valence-corrected chi connectivity index (χ2v) is 8.81. The van der Waals surface area contributed by atoms with Gasteiger partial charge in [-0.15, -0.1) is 0 Å². The lowest BCUT2D eigenvalue weighted by Crippen LogP contribution is -2.23. The molecule has 3 rings (SSSR count). The van der Waals surface area contributed by atoms with Gasteiger partial charge >= 0.3 is 0 Å². The molecule has 0 fully saturated rings. The molecule has 0 aliphatic carbocycles. The lowest BCUT2D eigenvalue weighted by Gasteiger charge is -2.11. The quantitative estimate of drug-likeness (QED) is 0.551. The molecule has 0 aliphatic rings. The molecule has 158 valence electrons. The molecule has 0 aromatic heterocycles. The van der Waals surface area contributed by atoms with Crippen LogP contribution in [0.4, 0.5) is 0 Å². The summed E-state index contributed by atoms with van der Waals surface area (Å²) in [6.07, 6.45) is 0. The largest absolute Gasteiger partial charge is 0.456 e. The Balaban J connectivity index is 1.75. The zero-order chi connectivity index (χ0) is 22.6. The third-order valence-electron chi connectivity index (χ3n) is 4.10. The molecule has 0 aliphatic heterocycles. The Bertz CT molecular complexity index is 1300. The lowest BCUT2D eigenvalue weighted by molar-refractivity contribution is 0.0950. The van der Waals surface area contributed by atoms with E-state index in [2.05, 4.69) is 5.32 Å². The number of primary sulfonamides is 1. The van der Waals surface area contributed by atoms with Crippen molar-refractivity contribution in [3.8, 4) is 17.6 Å². The van der Waals surface area contributed by atoms with Crippen molar-refractivity contribution in [2.75, 3.05) is 0 Å². The number of amides is 1. The Hall–Kier alpha value is -3.09. The molecule has 3 aromatic carbocycles. The van der Waals surface area contributed by atoms with Crippen LogP contribution in [-0.4, -0.2) is 14.3 Å². The van der Waals surface area contributed by atoms with Crippen LogP contribution >= 0.6 is 23.2 Å². The van der Waals surface area contributed by atoms with Crippen LogP contribution in [0.15, 0.2) is 65.6 Å². The van der Waals surface area contributed by atoms with E-state index in [1.54, 1.807) is 24.3 Å². The SMILES string of the molecule is N#Cc1cc(Cl)cc(Oc2cc(CNC(=O)c3cccc(S(N)(=O)=O)c3)ccc2Cl)c1. The number of sulfonamides is 1. The zero-order valence-corrected chi connectivity index (χ0v) is 18.1. The van der Waals surface area contributed by atoms with Gasteiger partial charge in [-0.25, -0.2) is 13.6 Å². The van der Waals surface area contributed by atoms with Gasteiger partial charge in [0.05, 0.1) is 21.6 Å². The topological polar surface area (TPSA) is 122 Å². The van der Waals surface area contributed by atoms with Crippen LogP contribution in [0.25, 0.3) is 0 Å². The number of carbonyl (C=O) groups excluding carboxylic acids is 1. The number of nitrogens with one attached hydrogen (secondary N) is 1. The maximum atomic E-state index is 12.4. The summed E-state index contributed by atoms with van der Waals surface area (Å²) < 4.78 is 28.7. The molecule has 31 heavy (non-hydrogen) atoms. The third kappa shape index (κ3) is 5.96. The number of ether oxygens (including phenoxy) is 1. The van der Waals surface area contributed by atoms with Crippen LogP contribution in [0, 0.1) is 11.3 Å². The number of rotatable bonds is 6. The van der Waals surface area contributed by atoms with Crippen LogP contribution in [-0.2, 0) is 16.6 Å². The van der Waals surface area contributed by atoms with Gasteiger partial charge in [0.1, 0.15) is 11.5 Å². The number of carbonyl (C=O) groups is 1. The maximum absolute atomic E-state index is 12.4. The molecule has 1 amide bonds. The minimum absolute atomic E-state index is 0.130. The molecule has 0 spiro atoms. The molecule has 3 aromatic rings. The fourth-order valence-electron chi connectivity index (χ4n) is 2.65. The van der Waals surface area contributed by atoms with Crippen LogP contribution < -0.4 is 15.2 Å². The van der Waals surface area contributed by atoms with Gasteiger partial charge in [0.15, 0.2) is 0 Å². The van der Waals surface area contributed by atoms with Crippen molar-refractivity contribution in [1.82, 2.24) is 5.32 Å². The van der Waals surface area contributed by atoms with E-state index in [-0.39, 0.29) is 17.0 Å². The standard InChI is InChI=1S/C21H15Cl2N3O4S/c22-16-6-14(11-24)7-17(10-16)30-20-8-13(4-5-19(20)23)12-26-21(27)15-2-1-3-18(9-15)31(25,28)29/h1-10H,12H2,(H,26,27)(H2,25,28,29). The van der Waals surface area contributed by atoms with Crippen molar-refractivity contribution in [3.63, 3.8) is 0 Å². The number of hydrogen-bond acceptors (Lipinski definition) is 5. The molecular weight excluding hydrogens is 461 g/mol. The summed E-state index contributed by atoms with van der Waals surface area (Å²) >= 11 is 12.2. The lowest BCUT2D eigenvalue weighted by atomic mass is 10.2.